The molecule has 202 valence electrons. The first-order valence-corrected chi connectivity index (χ1v) is 14.4. The molecule has 1 aliphatic heterocycles. The van der Waals surface area contributed by atoms with Gasteiger partial charge in [0.2, 0.25) is 5.79 Å². The van der Waals surface area contributed by atoms with E-state index >= 15 is 0 Å². The molecule has 0 saturated carbocycles. The van der Waals surface area contributed by atoms with E-state index in [9.17, 15) is 5.11 Å². The monoisotopic (exact) mass is 558 g/mol. The fourth-order valence-corrected chi connectivity index (χ4v) is 4.56. The molecule has 6 nitrogen and oxygen atoms in total. The van der Waals surface area contributed by atoms with Crippen molar-refractivity contribution < 1.29 is 28.8 Å². The summed E-state index contributed by atoms with van der Waals surface area (Å²) in [5.41, 5.74) is 0.628. The molecule has 1 fully saturated rings. The minimum atomic E-state index is -1.70. The summed E-state index contributed by atoms with van der Waals surface area (Å²) in [6, 6.07) is 7.58. The van der Waals surface area contributed by atoms with Crippen molar-refractivity contribution in [2.45, 2.75) is 109 Å². The molecule has 35 heavy (non-hydrogen) atoms. The van der Waals surface area contributed by atoms with Gasteiger partial charge in [0.15, 0.2) is 0 Å². The summed E-state index contributed by atoms with van der Waals surface area (Å²) in [5, 5.41) is 12.2. The van der Waals surface area contributed by atoms with Gasteiger partial charge >= 0.3 is 0 Å². The van der Waals surface area contributed by atoms with Crippen LogP contribution in [0.4, 0.5) is 0 Å². The van der Waals surface area contributed by atoms with Crippen molar-refractivity contribution in [1.82, 2.24) is 0 Å². The van der Waals surface area contributed by atoms with E-state index in [0.29, 0.717) is 38.6 Å². The SMILES string of the molecule is CCCCOC[C@H]1OC(O)(c2cccc(Br)c2)[C@H](OCCCC)[C@@H](OCCCC)[C@@H]1OCCCC. The molecule has 0 amide bonds. The zero-order valence-corrected chi connectivity index (χ0v) is 23.8. The predicted octanol–water partition coefficient (Wildman–Crippen LogP) is 6.37. The number of aliphatic hydroxyl groups is 1. The van der Waals surface area contributed by atoms with Crippen LogP contribution < -0.4 is 0 Å². The molecule has 5 atom stereocenters. The van der Waals surface area contributed by atoms with Gasteiger partial charge in [-0.15, -0.1) is 0 Å². The number of rotatable bonds is 18. The van der Waals surface area contributed by atoms with Crippen LogP contribution in [-0.4, -0.2) is 62.6 Å². The van der Waals surface area contributed by atoms with Crippen LogP contribution in [0.25, 0.3) is 0 Å². The molecular weight excluding hydrogens is 512 g/mol. The van der Waals surface area contributed by atoms with Gasteiger partial charge in [-0.25, -0.2) is 0 Å². The molecule has 0 radical (unpaired) electrons. The van der Waals surface area contributed by atoms with Gasteiger partial charge in [0.05, 0.1) is 6.61 Å². The summed E-state index contributed by atoms with van der Waals surface area (Å²) in [5.74, 6) is -1.70. The third-order valence-electron chi connectivity index (χ3n) is 6.28. The largest absolute Gasteiger partial charge is 0.379 e. The highest BCUT2D eigenvalue weighted by Crippen LogP contribution is 2.41. The second kappa shape index (κ2) is 17.1. The van der Waals surface area contributed by atoms with Gasteiger partial charge in [-0.1, -0.05) is 81.4 Å². The molecule has 1 unspecified atom stereocenters. The van der Waals surface area contributed by atoms with Crippen LogP contribution in [0.5, 0.6) is 0 Å². The molecule has 0 spiro atoms. The van der Waals surface area contributed by atoms with Crippen LogP contribution in [-0.2, 0) is 29.5 Å². The Bertz CT molecular complexity index is 689. The molecule has 1 aliphatic rings. The molecule has 1 aromatic rings. The summed E-state index contributed by atoms with van der Waals surface area (Å²) in [6.45, 7) is 11.2. The normalized spacial score (nSPS) is 26.8. The lowest BCUT2D eigenvalue weighted by Crippen LogP contribution is -2.66. The summed E-state index contributed by atoms with van der Waals surface area (Å²) in [7, 11) is 0. The predicted molar refractivity (Wildman–Crippen MR) is 143 cm³/mol. The fraction of sp³-hybridized carbons (Fsp3) is 0.786. The maximum atomic E-state index is 12.2. The summed E-state index contributed by atoms with van der Waals surface area (Å²) >= 11 is 3.54. The molecule has 7 heteroatoms. The Labute approximate surface area is 221 Å². The van der Waals surface area contributed by atoms with Gasteiger partial charge in [0.25, 0.3) is 0 Å². The zero-order chi connectivity index (χ0) is 25.5. The summed E-state index contributed by atoms with van der Waals surface area (Å²) in [4.78, 5) is 0. The quantitative estimate of drug-likeness (QED) is 0.211. The second-order valence-corrected chi connectivity index (χ2v) is 10.2. The van der Waals surface area contributed by atoms with Gasteiger partial charge in [-0.3, -0.25) is 0 Å². The lowest BCUT2D eigenvalue weighted by molar-refractivity contribution is -0.375. The molecule has 0 bridgehead atoms. The van der Waals surface area contributed by atoms with E-state index in [1.807, 2.05) is 24.3 Å². The van der Waals surface area contributed by atoms with Crippen LogP contribution in [0.1, 0.15) is 84.6 Å². The van der Waals surface area contributed by atoms with Gasteiger partial charge in [-0.05, 0) is 37.8 Å². The van der Waals surface area contributed by atoms with Crippen molar-refractivity contribution in [1.29, 1.82) is 0 Å². The number of halogens is 1. The van der Waals surface area contributed by atoms with Crippen LogP contribution in [0.15, 0.2) is 28.7 Å². The Balaban J connectivity index is 2.44. The number of ether oxygens (including phenoxy) is 5. The number of unbranched alkanes of at least 4 members (excludes halogenated alkanes) is 4. The van der Waals surface area contributed by atoms with E-state index in [4.69, 9.17) is 23.7 Å². The van der Waals surface area contributed by atoms with Crippen LogP contribution >= 0.6 is 15.9 Å². The van der Waals surface area contributed by atoms with Crippen LogP contribution in [0.3, 0.4) is 0 Å². The van der Waals surface area contributed by atoms with Crippen LogP contribution in [0.2, 0.25) is 0 Å². The van der Waals surface area contributed by atoms with Crippen molar-refractivity contribution in [3.63, 3.8) is 0 Å². The first-order valence-electron chi connectivity index (χ1n) is 13.6. The number of benzene rings is 1. The van der Waals surface area contributed by atoms with Gasteiger partial charge in [0.1, 0.15) is 24.4 Å². The highest BCUT2D eigenvalue weighted by Gasteiger charge is 2.57. The third kappa shape index (κ3) is 9.37. The van der Waals surface area contributed by atoms with E-state index in [0.717, 1.165) is 55.8 Å². The minimum absolute atomic E-state index is 0.322. The van der Waals surface area contributed by atoms with Crippen molar-refractivity contribution >= 4 is 15.9 Å². The number of hydrogen-bond donors (Lipinski definition) is 1. The van der Waals surface area contributed by atoms with Crippen molar-refractivity contribution in [3.05, 3.63) is 34.3 Å². The molecular formula is C28H47BrO6. The average molecular weight is 560 g/mol. The van der Waals surface area contributed by atoms with Gasteiger partial charge < -0.3 is 28.8 Å². The zero-order valence-electron chi connectivity index (χ0n) is 22.2. The van der Waals surface area contributed by atoms with E-state index < -0.39 is 30.2 Å². The molecule has 0 aromatic heterocycles. The Morgan fingerprint density at radius 1 is 0.829 bits per heavy atom. The number of hydrogen-bond acceptors (Lipinski definition) is 6. The Morgan fingerprint density at radius 3 is 2.00 bits per heavy atom. The molecule has 1 aromatic carbocycles. The molecule has 1 heterocycles. The van der Waals surface area contributed by atoms with E-state index in [-0.39, 0.29) is 0 Å². The van der Waals surface area contributed by atoms with Crippen LogP contribution in [0, 0.1) is 0 Å². The van der Waals surface area contributed by atoms with Crippen molar-refractivity contribution in [2.24, 2.45) is 0 Å². The lowest BCUT2D eigenvalue weighted by Gasteiger charge is -2.50. The van der Waals surface area contributed by atoms with E-state index in [2.05, 4.69) is 43.6 Å². The highest BCUT2D eigenvalue weighted by atomic mass is 79.9. The first-order chi connectivity index (χ1) is 17.0. The first kappa shape index (κ1) is 30.7. The second-order valence-electron chi connectivity index (χ2n) is 9.31. The lowest BCUT2D eigenvalue weighted by atomic mass is 9.87. The van der Waals surface area contributed by atoms with Gasteiger partial charge in [-0.2, -0.15) is 0 Å². The maximum absolute atomic E-state index is 12.2. The fourth-order valence-electron chi connectivity index (χ4n) is 4.16. The highest BCUT2D eigenvalue weighted by molar-refractivity contribution is 9.10. The van der Waals surface area contributed by atoms with Crippen molar-refractivity contribution in [2.75, 3.05) is 33.0 Å². The minimum Gasteiger partial charge on any atom is -0.379 e. The molecule has 1 N–H and O–H groups in total. The Morgan fingerprint density at radius 2 is 1.40 bits per heavy atom. The summed E-state index contributed by atoms with van der Waals surface area (Å²) in [6.07, 6.45) is 5.70. The maximum Gasteiger partial charge on any atom is 0.222 e. The molecule has 0 aliphatic carbocycles. The average Bonchev–Trinajstić information content (AvgIpc) is 2.85. The molecule has 2 rings (SSSR count). The van der Waals surface area contributed by atoms with Gasteiger partial charge in [0, 0.05) is 36.5 Å². The molecule has 1 saturated heterocycles. The third-order valence-corrected chi connectivity index (χ3v) is 6.77. The topological polar surface area (TPSA) is 66.4 Å². The Hall–Kier alpha value is -0.540. The van der Waals surface area contributed by atoms with E-state index in [1.54, 1.807) is 0 Å². The summed E-state index contributed by atoms with van der Waals surface area (Å²) < 4.78 is 32.6. The standard InChI is InChI=1S/C28H47BrO6/c1-5-9-16-31-21-24-25(32-17-10-6-2)26(33-18-11-7-3)27(34-19-12-8-4)28(30,35-24)22-14-13-15-23(29)20-22/h13-15,20,24-27,30H,5-12,16-19,21H2,1-4H3/t24-,25-,26+,27-,28?/m1/s1. The van der Waals surface area contributed by atoms with E-state index in [1.165, 1.54) is 0 Å². The Kier molecular flexibility index (Phi) is 15.0. The van der Waals surface area contributed by atoms with Crippen molar-refractivity contribution in [3.8, 4) is 0 Å². The smallest absolute Gasteiger partial charge is 0.222 e.